The Morgan fingerprint density at radius 3 is 2.76 bits per heavy atom. The van der Waals surface area contributed by atoms with Gasteiger partial charge in [-0.25, -0.2) is 0 Å². The SMILES string of the molecule is CCC1CCCC(N2C(=O)C3(CC3)NC2C)C1. The van der Waals surface area contributed by atoms with Crippen molar-refractivity contribution in [2.75, 3.05) is 0 Å². The van der Waals surface area contributed by atoms with Crippen molar-refractivity contribution >= 4 is 5.91 Å². The minimum Gasteiger partial charge on any atom is -0.323 e. The van der Waals surface area contributed by atoms with Crippen LogP contribution in [-0.4, -0.2) is 28.6 Å². The number of amides is 1. The van der Waals surface area contributed by atoms with Gasteiger partial charge in [-0.1, -0.05) is 26.2 Å². The fraction of sp³-hybridized carbons (Fsp3) is 0.929. The second-order valence-corrected chi connectivity index (χ2v) is 6.21. The van der Waals surface area contributed by atoms with E-state index in [0.29, 0.717) is 11.9 Å². The van der Waals surface area contributed by atoms with Crippen LogP contribution in [0.25, 0.3) is 0 Å². The van der Waals surface area contributed by atoms with Crippen molar-refractivity contribution in [2.24, 2.45) is 5.92 Å². The molecular weight excluding hydrogens is 212 g/mol. The summed E-state index contributed by atoms with van der Waals surface area (Å²) in [7, 11) is 0. The lowest BCUT2D eigenvalue weighted by Crippen LogP contribution is -2.45. The van der Waals surface area contributed by atoms with Gasteiger partial charge in [0.15, 0.2) is 0 Å². The lowest BCUT2D eigenvalue weighted by atomic mass is 9.83. The summed E-state index contributed by atoms with van der Waals surface area (Å²) in [6.07, 6.45) is 8.73. The van der Waals surface area contributed by atoms with E-state index in [1.54, 1.807) is 0 Å². The zero-order valence-electron chi connectivity index (χ0n) is 11.0. The highest BCUT2D eigenvalue weighted by Crippen LogP contribution is 2.44. The van der Waals surface area contributed by atoms with E-state index < -0.39 is 0 Å². The molecule has 2 aliphatic carbocycles. The van der Waals surface area contributed by atoms with Crippen LogP contribution < -0.4 is 5.32 Å². The van der Waals surface area contributed by atoms with Crippen molar-refractivity contribution in [1.29, 1.82) is 0 Å². The molecule has 1 amide bonds. The molecule has 0 bridgehead atoms. The first-order chi connectivity index (χ1) is 8.16. The molecule has 1 saturated heterocycles. The van der Waals surface area contributed by atoms with Gasteiger partial charge in [0, 0.05) is 6.04 Å². The molecule has 3 nitrogen and oxygen atoms in total. The maximum Gasteiger partial charge on any atom is 0.244 e. The molecule has 0 aromatic rings. The lowest BCUT2D eigenvalue weighted by Gasteiger charge is -2.37. The highest BCUT2D eigenvalue weighted by Gasteiger charge is 2.59. The van der Waals surface area contributed by atoms with Gasteiger partial charge in [-0.2, -0.15) is 0 Å². The molecule has 1 aliphatic heterocycles. The Balaban J connectivity index is 1.73. The zero-order valence-corrected chi connectivity index (χ0v) is 11.0. The number of nitrogens with zero attached hydrogens (tertiary/aromatic N) is 1. The molecule has 96 valence electrons. The van der Waals surface area contributed by atoms with Crippen molar-refractivity contribution in [1.82, 2.24) is 10.2 Å². The predicted octanol–water partition coefficient (Wildman–Crippen LogP) is 2.27. The number of hydrogen-bond donors (Lipinski definition) is 1. The third-order valence-corrected chi connectivity index (χ3v) is 5.02. The smallest absolute Gasteiger partial charge is 0.244 e. The van der Waals surface area contributed by atoms with E-state index in [4.69, 9.17) is 0 Å². The van der Waals surface area contributed by atoms with Gasteiger partial charge in [0.05, 0.1) is 11.7 Å². The van der Waals surface area contributed by atoms with Crippen LogP contribution in [-0.2, 0) is 4.79 Å². The molecule has 2 saturated carbocycles. The van der Waals surface area contributed by atoms with E-state index in [0.717, 1.165) is 18.8 Å². The Morgan fingerprint density at radius 2 is 2.18 bits per heavy atom. The molecule has 3 rings (SSSR count). The fourth-order valence-electron chi connectivity index (χ4n) is 3.81. The van der Waals surface area contributed by atoms with Crippen LogP contribution in [0.1, 0.15) is 58.8 Å². The molecule has 1 N–H and O–H groups in total. The molecule has 0 aromatic carbocycles. The van der Waals surface area contributed by atoms with Gasteiger partial charge in [-0.15, -0.1) is 0 Å². The van der Waals surface area contributed by atoms with Crippen LogP contribution >= 0.6 is 0 Å². The van der Waals surface area contributed by atoms with Crippen LogP contribution in [0.15, 0.2) is 0 Å². The van der Waals surface area contributed by atoms with Crippen molar-refractivity contribution in [2.45, 2.75) is 76.5 Å². The summed E-state index contributed by atoms with van der Waals surface area (Å²) >= 11 is 0. The molecular formula is C14H24N2O. The largest absolute Gasteiger partial charge is 0.323 e. The highest BCUT2D eigenvalue weighted by atomic mass is 16.2. The third-order valence-electron chi connectivity index (χ3n) is 5.02. The van der Waals surface area contributed by atoms with Gasteiger partial charge in [-0.3, -0.25) is 10.1 Å². The van der Waals surface area contributed by atoms with Gasteiger partial charge >= 0.3 is 0 Å². The Kier molecular flexibility index (Phi) is 2.69. The van der Waals surface area contributed by atoms with Gasteiger partial charge < -0.3 is 4.90 Å². The summed E-state index contributed by atoms with van der Waals surface area (Å²) in [5.74, 6) is 1.23. The van der Waals surface area contributed by atoms with Crippen molar-refractivity contribution in [3.8, 4) is 0 Å². The summed E-state index contributed by atoms with van der Waals surface area (Å²) in [6.45, 7) is 4.43. The second kappa shape index (κ2) is 3.98. The van der Waals surface area contributed by atoms with Crippen molar-refractivity contribution in [3.63, 3.8) is 0 Å². The number of carbonyl (C=O) groups is 1. The predicted molar refractivity (Wildman–Crippen MR) is 67.4 cm³/mol. The van der Waals surface area contributed by atoms with E-state index in [-0.39, 0.29) is 11.7 Å². The Morgan fingerprint density at radius 1 is 1.41 bits per heavy atom. The topological polar surface area (TPSA) is 32.3 Å². The molecule has 0 aromatic heterocycles. The summed E-state index contributed by atoms with van der Waals surface area (Å²) in [6, 6.07) is 0.503. The fourth-order valence-corrected chi connectivity index (χ4v) is 3.81. The maximum atomic E-state index is 12.5. The standard InChI is InChI=1S/C14H24N2O/c1-3-11-5-4-6-12(9-11)16-10(2)15-14(7-8-14)13(16)17/h10-12,15H,3-9H2,1-2H3. The van der Waals surface area contributed by atoms with E-state index >= 15 is 0 Å². The number of nitrogens with one attached hydrogen (secondary N) is 1. The molecule has 1 spiro atoms. The highest BCUT2D eigenvalue weighted by molar-refractivity contribution is 5.92. The van der Waals surface area contributed by atoms with Crippen LogP contribution in [0.5, 0.6) is 0 Å². The van der Waals surface area contributed by atoms with Crippen LogP contribution in [0, 0.1) is 5.92 Å². The van der Waals surface area contributed by atoms with E-state index in [9.17, 15) is 4.79 Å². The minimum atomic E-state index is -0.126. The van der Waals surface area contributed by atoms with Crippen LogP contribution in [0.2, 0.25) is 0 Å². The average Bonchev–Trinajstić information content (AvgIpc) is 3.05. The first-order valence-corrected chi connectivity index (χ1v) is 7.27. The number of hydrogen-bond acceptors (Lipinski definition) is 2. The first kappa shape index (κ1) is 11.5. The summed E-state index contributed by atoms with van der Waals surface area (Å²) in [5.41, 5.74) is -0.126. The molecule has 17 heavy (non-hydrogen) atoms. The van der Waals surface area contributed by atoms with Gasteiger partial charge in [-0.05, 0) is 38.5 Å². The Bertz CT molecular complexity index is 324. The molecule has 3 fully saturated rings. The molecule has 1 heterocycles. The number of carbonyl (C=O) groups excluding carboxylic acids is 1. The molecule has 3 unspecified atom stereocenters. The van der Waals surface area contributed by atoms with Gasteiger partial charge in [0.25, 0.3) is 0 Å². The first-order valence-electron chi connectivity index (χ1n) is 7.27. The van der Waals surface area contributed by atoms with Crippen LogP contribution in [0.3, 0.4) is 0 Å². The summed E-state index contributed by atoms with van der Waals surface area (Å²) in [5, 5.41) is 3.51. The normalized spacial score (nSPS) is 40.0. The monoisotopic (exact) mass is 236 g/mol. The molecule has 0 radical (unpaired) electrons. The molecule has 3 aliphatic rings. The Labute approximate surface area is 104 Å². The van der Waals surface area contributed by atoms with E-state index in [2.05, 4.69) is 24.1 Å². The average molecular weight is 236 g/mol. The second-order valence-electron chi connectivity index (χ2n) is 6.21. The van der Waals surface area contributed by atoms with Crippen molar-refractivity contribution < 1.29 is 4.79 Å². The third kappa shape index (κ3) is 1.79. The van der Waals surface area contributed by atoms with Gasteiger partial charge in [0.1, 0.15) is 0 Å². The zero-order chi connectivity index (χ0) is 12.0. The van der Waals surface area contributed by atoms with Crippen molar-refractivity contribution in [3.05, 3.63) is 0 Å². The summed E-state index contributed by atoms with van der Waals surface area (Å²) in [4.78, 5) is 14.6. The Hall–Kier alpha value is -0.570. The quantitative estimate of drug-likeness (QED) is 0.797. The minimum absolute atomic E-state index is 0.126. The number of rotatable bonds is 2. The molecule has 3 heteroatoms. The van der Waals surface area contributed by atoms with Crippen LogP contribution in [0.4, 0.5) is 0 Å². The van der Waals surface area contributed by atoms with Gasteiger partial charge in [0.2, 0.25) is 5.91 Å². The molecule has 3 atom stereocenters. The maximum absolute atomic E-state index is 12.5. The van der Waals surface area contributed by atoms with E-state index in [1.165, 1.54) is 32.1 Å². The lowest BCUT2D eigenvalue weighted by molar-refractivity contribution is -0.133. The summed E-state index contributed by atoms with van der Waals surface area (Å²) < 4.78 is 0. The van der Waals surface area contributed by atoms with E-state index in [1.807, 2.05) is 0 Å².